The molecule has 0 atom stereocenters. The molecule has 1 aromatic carbocycles. The van der Waals surface area contributed by atoms with Crippen LogP contribution in [-0.2, 0) is 22.6 Å². The summed E-state index contributed by atoms with van der Waals surface area (Å²) in [6, 6.07) is 9.98. The predicted octanol–water partition coefficient (Wildman–Crippen LogP) is 3.24. The van der Waals surface area contributed by atoms with Crippen LogP contribution in [-0.4, -0.2) is 32.6 Å². The first-order valence-corrected chi connectivity index (χ1v) is 9.54. The molecule has 132 valence electrons. The molecule has 0 radical (unpaired) electrons. The number of rotatable bonds is 6. The van der Waals surface area contributed by atoms with Gasteiger partial charge in [-0.15, -0.1) is 21.5 Å². The Labute approximate surface area is 157 Å². The fourth-order valence-electron chi connectivity index (χ4n) is 2.52. The Morgan fingerprint density at radius 1 is 1.27 bits per heavy atom. The first kappa shape index (κ1) is 16.8. The minimum absolute atomic E-state index is 0.139. The van der Waals surface area contributed by atoms with Gasteiger partial charge in [-0.25, -0.2) is 4.98 Å². The third kappa shape index (κ3) is 3.50. The van der Waals surface area contributed by atoms with Crippen LogP contribution < -0.4 is 5.32 Å². The van der Waals surface area contributed by atoms with Crippen LogP contribution in [0.2, 0.25) is 0 Å². The molecule has 0 saturated heterocycles. The number of ether oxygens (including phenoxy) is 1. The lowest BCUT2D eigenvalue weighted by Gasteiger charge is -2.00. The van der Waals surface area contributed by atoms with Gasteiger partial charge in [-0.3, -0.25) is 9.20 Å². The summed E-state index contributed by atoms with van der Waals surface area (Å²) in [5.74, 6) is -0.139. The van der Waals surface area contributed by atoms with E-state index in [4.69, 9.17) is 4.74 Å². The minimum Gasteiger partial charge on any atom is -0.377 e. The summed E-state index contributed by atoms with van der Waals surface area (Å²) >= 11 is 2.83. The Balaban J connectivity index is 1.49. The summed E-state index contributed by atoms with van der Waals surface area (Å²) in [6.07, 6.45) is 2.20. The standard InChI is InChI=1S/C17H15N5O2S2/c1-24-9-15-20-21-16(26-15)19-14(23)7-12-10-25-17-18-13(8-22(12)17)11-5-3-2-4-6-11/h2-6,8,10H,7,9H2,1H3,(H,19,21,23). The Bertz CT molecular complexity index is 1040. The van der Waals surface area contributed by atoms with Gasteiger partial charge < -0.3 is 10.1 Å². The summed E-state index contributed by atoms with van der Waals surface area (Å²) in [4.78, 5) is 17.8. The van der Waals surface area contributed by atoms with Gasteiger partial charge in [-0.1, -0.05) is 41.7 Å². The van der Waals surface area contributed by atoms with Crippen molar-refractivity contribution in [2.45, 2.75) is 13.0 Å². The maximum absolute atomic E-state index is 12.3. The van der Waals surface area contributed by atoms with Gasteiger partial charge in [-0.05, 0) is 0 Å². The van der Waals surface area contributed by atoms with E-state index in [1.807, 2.05) is 46.3 Å². The summed E-state index contributed by atoms with van der Waals surface area (Å²) in [6.45, 7) is 0.385. The summed E-state index contributed by atoms with van der Waals surface area (Å²) < 4.78 is 6.97. The highest BCUT2D eigenvalue weighted by atomic mass is 32.1. The van der Waals surface area contributed by atoms with Crippen molar-refractivity contribution >= 4 is 38.7 Å². The zero-order chi connectivity index (χ0) is 17.9. The molecule has 3 heterocycles. The third-order valence-corrected chi connectivity index (χ3v) is 5.38. The molecule has 0 aliphatic carbocycles. The Hall–Kier alpha value is -2.62. The Morgan fingerprint density at radius 3 is 2.92 bits per heavy atom. The van der Waals surface area contributed by atoms with Gasteiger partial charge in [0.15, 0.2) is 4.96 Å². The van der Waals surface area contributed by atoms with E-state index in [-0.39, 0.29) is 12.3 Å². The van der Waals surface area contributed by atoms with Crippen LogP contribution in [0.25, 0.3) is 16.2 Å². The first-order valence-electron chi connectivity index (χ1n) is 7.85. The minimum atomic E-state index is -0.139. The van der Waals surface area contributed by atoms with Crippen molar-refractivity contribution in [2.24, 2.45) is 0 Å². The maximum Gasteiger partial charge on any atom is 0.232 e. The topological polar surface area (TPSA) is 81.4 Å². The van der Waals surface area contributed by atoms with Gasteiger partial charge in [0.05, 0.1) is 12.1 Å². The van der Waals surface area contributed by atoms with Crippen LogP contribution in [0, 0.1) is 0 Å². The number of hydrogen-bond donors (Lipinski definition) is 1. The number of carbonyl (C=O) groups is 1. The smallest absolute Gasteiger partial charge is 0.232 e. The van der Waals surface area contributed by atoms with Crippen LogP contribution in [0.5, 0.6) is 0 Å². The number of carbonyl (C=O) groups excluding carboxylic acids is 1. The van der Waals surface area contributed by atoms with Crippen molar-refractivity contribution in [1.29, 1.82) is 0 Å². The number of methoxy groups -OCH3 is 1. The van der Waals surface area contributed by atoms with Crippen molar-refractivity contribution in [3.63, 3.8) is 0 Å². The number of nitrogens with one attached hydrogen (secondary N) is 1. The van der Waals surface area contributed by atoms with Gasteiger partial charge in [0, 0.05) is 29.9 Å². The normalized spacial score (nSPS) is 11.1. The average Bonchev–Trinajstić information content (AvgIpc) is 3.34. The van der Waals surface area contributed by atoms with Crippen molar-refractivity contribution < 1.29 is 9.53 Å². The van der Waals surface area contributed by atoms with E-state index in [0.29, 0.717) is 11.7 Å². The molecule has 0 aliphatic rings. The highest BCUT2D eigenvalue weighted by molar-refractivity contribution is 7.15. The summed E-state index contributed by atoms with van der Waals surface area (Å²) in [7, 11) is 1.59. The third-order valence-electron chi connectivity index (χ3n) is 3.68. The zero-order valence-electron chi connectivity index (χ0n) is 13.9. The lowest BCUT2D eigenvalue weighted by Crippen LogP contribution is -2.15. The van der Waals surface area contributed by atoms with Crippen LogP contribution >= 0.6 is 22.7 Å². The molecule has 4 aromatic rings. The lowest BCUT2D eigenvalue weighted by atomic mass is 10.2. The van der Waals surface area contributed by atoms with Gasteiger partial charge in [0.25, 0.3) is 0 Å². The number of hydrogen-bond acceptors (Lipinski definition) is 7. The van der Waals surface area contributed by atoms with E-state index in [9.17, 15) is 4.79 Å². The monoisotopic (exact) mass is 385 g/mol. The quantitative estimate of drug-likeness (QED) is 0.551. The maximum atomic E-state index is 12.3. The number of thiazole rings is 1. The van der Waals surface area contributed by atoms with Gasteiger partial charge in [-0.2, -0.15) is 0 Å². The average molecular weight is 385 g/mol. The van der Waals surface area contributed by atoms with E-state index in [1.54, 1.807) is 7.11 Å². The number of amides is 1. The van der Waals surface area contributed by atoms with E-state index in [2.05, 4.69) is 20.5 Å². The fourth-order valence-corrected chi connectivity index (χ4v) is 4.12. The first-order chi connectivity index (χ1) is 12.7. The van der Waals surface area contributed by atoms with Crippen molar-refractivity contribution in [3.05, 3.63) is 52.6 Å². The molecule has 1 amide bonds. The number of nitrogens with zero attached hydrogens (tertiary/aromatic N) is 4. The molecule has 7 nitrogen and oxygen atoms in total. The van der Waals surface area contributed by atoms with Crippen molar-refractivity contribution in [2.75, 3.05) is 12.4 Å². The van der Waals surface area contributed by atoms with Crippen LogP contribution in [0.4, 0.5) is 5.13 Å². The second-order valence-corrected chi connectivity index (χ2v) is 7.43. The van der Waals surface area contributed by atoms with Gasteiger partial charge in [0.2, 0.25) is 11.0 Å². The number of benzene rings is 1. The molecule has 26 heavy (non-hydrogen) atoms. The summed E-state index contributed by atoms with van der Waals surface area (Å²) in [5, 5.41) is 13.8. The molecule has 0 unspecified atom stereocenters. The Kier molecular flexibility index (Phi) is 4.74. The lowest BCUT2D eigenvalue weighted by molar-refractivity contribution is -0.115. The van der Waals surface area contributed by atoms with E-state index < -0.39 is 0 Å². The van der Waals surface area contributed by atoms with Crippen molar-refractivity contribution in [1.82, 2.24) is 19.6 Å². The molecule has 3 aromatic heterocycles. The molecule has 0 fully saturated rings. The molecule has 4 rings (SSSR count). The summed E-state index contributed by atoms with van der Waals surface area (Å²) in [5.41, 5.74) is 2.84. The van der Waals surface area contributed by atoms with Gasteiger partial charge in [0.1, 0.15) is 11.6 Å². The van der Waals surface area contributed by atoms with Crippen LogP contribution in [0.3, 0.4) is 0 Å². The number of imidazole rings is 1. The molecule has 0 saturated carbocycles. The number of anilines is 1. The molecule has 0 bridgehead atoms. The molecular weight excluding hydrogens is 370 g/mol. The second-order valence-electron chi connectivity index (χ2n) is 5.53. The van der Waals surface area contributed by atoms with E-state index in [1.165, 1.54) is 22.7 Å². The second kappa shape index (κ2) is 7.32. The Morgan fingerprint density at radius 2 is 2.12 bits per heavy atom. The predicted molar refractivity (Wildman–Crippen MR) is 101 cm³/mol. The molecule has 0 aliphatic heterocycles. The highest BCUT2D eigenvalue weighted by Crippen LogP contribution is 2.24. The largest absolute Gasteiger partial charge is 0.377 e. The van der Waals surface area contributed by atoms with E-state index in [0.717, 1.165) is 26.9 Å². The zero-order valence-corrected chi connectivity index (χ0v) is 15.5. The SMILES string of the molecule is COCc1nnc(NC(=O)Cc2csc3nc(-c4ccccc4)cn23)s1. The van der Waals surface area contributed by atoms with Crippen molar-refractivity contribution in [3.8, 4) is 11.3 Å². The molecule has 1 N–H and O–H groups in total. The van der Waals surface area contributed by atoms with Crippen LogP contribution in [0.1, 0.15) is 10.7 Å². The highest BCUT2D eigenvalue weighted by Gasteiger charge is 2.14. The molecule has 9 heteroatoms. The molecule has 0 spiro atoms. The van der Waals surface area contributed by atoms with Gasteiger partial charge >= 0.3 is 0 Å². The number of fused-ring (bicyclic) bond motifs is 1. The van der Waals surface area contributed by atoms with Crippen LogP contribution in [0.15, 0.2) is 41.9 Å². The number of aromatic nitrogens is 4. The van der Waals surface area contributed by atoms with E-state index >= 15 is 0 Å². The fraction of sp³-hybridized carbons (Fsp3) is 0.176. The molecular formula is C17H15N5O2S2.